The Morgan fingerprint density at radius 2 is 1.80 bits per heavy atom. The van der Waals surface area contributed by atoms with Gasteiger partial charge in [-0.2, -0.15) is 5.10 Å². The van der Waals surface area contributed by atoms with Gasteiger partial charge in [-0.1, -0.05) is 34.1 Å². The highest BCUT2D eigenvalue weighted by Gasteiger charge is 2.36. The van der Waals surface area contributed by atoms with Gasteiger partial charge in [0, 0.05) is 16.7 Å². The number of urea groups is 1. The van der Waals surface area contributed by atoms with Gasteiger partial charge in [-0.25, -0.2) is 9.48 Å². The van der Waals surface area contributed by atoms with Crippen LogP contribution >= 0.6 is 15.9 Å². The lowest BCUT2D eigenvalue weighted by Gasteiger charge is -2.18. The van der Waals surface area contributed by atoms with Gasteiger partial charge in [0.15, 0.2) is 0 Å². The van der Waals surface area contributed by atoms with Crippen LogP contribution in [0.2, 0.25) is 0 Å². The Morgan fingerprint density at radius 3 is 2.50 bits per heavy atom. The van der Waals surface area contributed by atoms with Gasteiger partial charge in [-0.15, -0.1) is 0 Å². The van der Waals surface area contributed by atoms with Gasteiger partial charge in [0.1, 0.15) is 6.04 Å². The molecule has 1 atom stereocenters. The van der Waals surface area contributed by atoms with Crippen LogP contribution in [0.25, 0.3) is 5.69 Å². The molecule has 1 aliphatic heterocycles. The minimum atomic E-state index is -0.570. The predicted molar refractivity (Wildman–Crippen MR) is 120 cm³/mol. The number of carbonyl (C=O) groups excluding carboxylic acids is 2. The highest BCUT2D eigenvalue weighted by Crippen LogP contribution is 2.30. The summed E-state index contributed by atoms with van der Waals surface area (Å²) in [5, 5.41) is 10.2. The summed E-state index contributed by atoms with van der Waals surface area (Å²) in [6.45, 7) is 4.39. The number of hydrogen-bond acceptors (Lipinski definition) is 3. The summed E-state index contributed by atoms with van der Waals surface area (Å²) < 4.78 is 2.77. The fraction of sp³-hybridized carbons (Fsp3) is 0.227. The zero-order valence-electron chi connectivity index (χ0n) is 16.7. The summed E-state index contributed by atoms with van der Waals surface area (Å²) in [6, 6.07) is 16.1. The van der Waals surface area contributed by atoms with E-state index in [-0.39, 0.29) is 5.91 Å². The van der Waals surface area contributed by atoms with E-state index in [0.717, 1.165) is 27.2 Å². The van der Waals surface area contributed by atoms with Crippen LogP contribution in [-0.4, -0.2) is 34.3 Å². The molecule has 3 amide bonds. The average molecular weight is 468 g/mol. The second-order valence-corrected chi connectivity index (χ2v) is 8.12. The number of rotatable bonds is 4. The van der Waals surface area contributed by atoms with Crippen LogP contribution in [0.4, 0.5) is 16.2 Å². The van der Waals surface area contributed by atoms with Crippen molar-refractivity contribution in [3.8, 4) is 5.69 Å². The molecule has 0 bridgehead atoms. The van der Waals surface area contributed by atoms with Crippen molar-refractivity contribution >= 4 is 39.2 Å². The van der Waals surface area contributed by atoms with Crippen molar-refractivity contribution in [2.45, 2.75) is 26.3 Å². The van der Waals surface area contributed by atoms with Gasteiger partial charge in [0.05, 0.1) is 22.8 Å². The number of amides is 3. The maximum absolute atomic E-state index is 13.0. The Bertz CT molecular complexity index is 1080. The first-order valence-electron chi connectivity index (χ1n) is 9.70. The molecule has 0 radical (unpaired) electrons. The Balaban J connectivity index is 1.48. The van der Waals surface area contributed by atoms with E-state index in [1.165, 1.54) is 0 Å². The van der Waals surface area contributed by atoms with Crippen LogP contribution in [-0.2, 0) is 4.79 Å². The van der Waals surface area contributed by atoms with Gasteiger partial charge in [-0.3, -0.25) is 4.79 Å². The number of benzene rings is 2. The van der Waals surface area contributed by atoms with Crippen LogP contribution in [0.1, 0.15) is 17.8 Å². The standard InChI is InChI=1S/C22H22BrN5O2/c1-14-20(15(2)28(26-14)18-6-4-3-5-7-18)27-13-12-19(21(27)29)25-22(30)24-17-10-8-16(23)9-11-17/h3-11,19H,12-13H2,1-2H3,(H2,24,25,30). The molecule has 0 aliphatic carbocycles. The van der Waals surface area contributed by atoms with Crippen LogP contribution in [0.15, 0.2) is 59.1 Å². The maximum atomic E-state index is 13.0. The molecule has 0 spiro atoms. The molecule has 0 saturated carbocycles. The first-order chi connectivity index (χ1) is 14.4. The topological polar surface area (TPSA) is 79.3 Å². The van der Waals surface area contributed by atoms with Gasteiger partial charge in [-0.05, 0) is 56.7 Å². The zero-order chi connectivity index (χ0) is 21.3. The number of nitrogens with zero attached hydrogens (tertiary/aromatic N) is 3. The molecule has 2 heterocycles. The molecule has 2 N–H and O–H groups in total. The molecule has 4 rings (SSSR count). The van der Waals surface area contributed by atoms with Crippen molar-refractivity contribution in [3.63, 3.8) is 0 Å². The molecule has 2 aromatic carbocycles. The third-order valence-corrected chi connectivity index (χ3v) is 5.67. The fourth-order valence-corrected chi connectivity index (χ4v) is 4.00. The first-order valence-corrected chi connectivity index (χ1v) is 10.5. The van der Waals surface area contributed by atoms with Crippen molar-refractivity contribution in [3.05, 3.63) is 70.5 Å². The van der Waals surface area contributed by atoms with E-state index in [1.807, 2.05) is 61.0 Å². The lowest BCUT2D eigenvalue weighted by Crippen LogP contribution is -2.43. The fourth-order valence-electron chi connectivity index (χ4n) is 3.74. The van der Waals surface area contributed by atoms with Gasteiger partial charge >= 0.3 is 6.03 Å². The summed E-state index contributed by atoms with van der Waals surface area (Å²) in [7, 11) is 0. The number of nitrogens with one attached hydrogen (secondary N) is 2. The number of carbonyl (C=O) groups is 2. The van der Waals surface area contributed by atoms with Crippen LogP contribution in [0, 0.1) is 13.8 Å². The Hall–Kier alpha value is -3.13. The molecule has 1 aromatic heterocycles. The number of aryl methyl sites for hydroxylation is 1. The van der Waals surface area contributed by atoms with Crippen molar-refractivity contribution in [2.24, 2.45) is 0 Å². The third-order valence-electron chi connectivity index (χ3n) is 5.14. The summed E-state index contributed by atoms with van der Waals surface area (Å²) in [4.78, 5) is 27.1. The van der Waals surface area contributed by atoms with Crippen LogP contribution in [0.5, 0.6) is 0 Å². The van der Waals surface area contributed by atoms with Gasteiger partial charge < -0.3 is 15.5 Å². The van der Waals surface area contributed by atoms with Crippen molar-refractivity contribution in [1.29, 1.82) is 0 Å². The molecule has 1 fully saturated rings. The van der Waals surface area contributed by atoms with E-state index in [1.54, 1.807) is 17.0 Å². The lowest BCUT2D eigenvalue weighted by atomic mass is 10.2. The predicted octanol–water partition coefficient (Wildman–Crippen LogP) is 4.18. The van der Waals surface area contributed by atoms with Crippen LogP contribution < -0.4 is 15.5 Å². The highest BCUT2D eigenvalue weighted by molar-refractivity contribution is 9.10. The number of aromatic nitrogens is 2. The Morgan fingerprint density at radius 1 is 1.10 bits per heavy atom. The molecule has 1 unspecified atom stereocenters. The highest BCUT2D eigenvalue weighted by atomic mass is 79.9. The minimum absolute atomic E-state index is 0.125. The van der Waals surface area contributed by atoms with E-state index >= 15 is 0 Å². The molecule has 1 aliphatic rings. The monoisotopic (exact) mass is 467 g/mol. The second kappa shape index (κ2) is 8.31. The summed E-state index contributed by atoms with van der Waals surface area (Å²) >= 11 is 3.36. The van der Waals surface area contributed by atoms with Crippen molar-refractivity contribution in [1.82, 2.24) is 15.1 Å². The second-order valence-electron chi connectivity index (χ2n) is 7.20. The number of hydrogen-bond donors (Lipinski definition) is 2. The van der Waals surface area contributed by atoms with Crippen molar-refractivity contribution < 1.29 is 9.59 Å². The smallest absolute Gasteiger partial charge is 0.319 e. The normalized spacial score (nSPS) is 16.0. The Labute approximate surface area is 183 Å². The van der Waals surface area contributed by atoms with Gasteiger partial charge in [0.2, 0.25) is 5.91 Å². The molecular weight excluding hydrogens is 446 g/mol. The molecule has 7 nitrogen and oxygen atoms in total. The minimum Gasteiger partial charge on any atom is -0.326 e. The molecule has 30 heavy (non-hydrogen) atoms. The molecule has 8 heteroatoms. The Kier molecular flexibility index (Phi) is 5.59. The van der Waals surface area contributed by atoms with E-state index in [0.29, 0.717) is 18.7 Å². The summed E-state index contributed by atoms with van der Waals surface area (Å²) in [5.41, 5.74) is 4.09. The zero-order valence-corrected chi connectivity index (χ0v) is 18.3. The quantitative estimate of drug-likeness (QED) is 0.603. The molecular formula is C22H22BrN5O2. The molecule has 154 valence electrons. The SMILES string of the molecule is Cc1nn(-c2ccccc2)c(C)c1N1CCC(NC(=O)Nc2ccc(Br)cc2)C1=O. The lowest BCUT2D eigenvalue weighted by molar-refractivity contribution is -0.118. The number of anilines is 2. The summed E-state index contributed by atoms with van der Waals surface area (Å²) in [6.07, 6.45) is 0.544. The maximum Gasteiger partial charge on any atom is 0.319 e. The number of para-hydroxylation sites is 1. The largest absolute Gasteiger partial charge is 0.326 e. The molecule has 3 aromatic rings. The number of halogens is 1. The van der Waals surface area contributed by atoms with Crippen LogP contribution in [0.3, 0.4) is 0 Å². The van der Waals surface area contributed by atoms with Gasteiger partial charge in [0.25, 0.3) is 0 Å². The summed E-state index contributed by atoms with van der Waals surface area (Å²) in [5.74, 6) is -0.125. The average Bonchev–Trinajstić information content (AvgIpc) is 3.23. The van der Waals surface area contributed by atoms with E-state index in [2.05, 4.69) is 31.7 Å². The third kappa shape index (κ3) is 3.95. The van der Waals surface area contributed by atoms with E-state index in [9.17, 15) is 9.59 Å². The van der Waals surface area contributed by atoms with Crippen molar-refractivity contribution in [2.75, 3.05) is 16.8 Å². The van der Waals surface area contributed by atoms with E-state index in [4.69, 9.17) is 0 Å². The van der Waals surface area contributed by atoms with E-state index < -0.39 is 12.1 Å². The first kappa shape index (κ1) is 20.2. The molecule has 1 saturated heterocycles.